The van der Waals surface area contributed by atoms with Crippen LogP contribution in [-0.2, 0) is 9.59 Å². The number of rotatable bonds is 5. The minimum Gasteiger partial charge on any atom is -0.368 e. The first-order chi connectivity index (χ1) is 11.3. The van der Waals surface area contributed by atoms with Gasteiger partial charge in [0.15, 0.2) is 0 Å². The molecule has 2 rings (SSSR count). The molecule has 0 saturated carbocycles. The van der Waals surface area contributed by atoms with E-state index >= 15 is 0 Å². The lowest BCUT2D eigenvalue weighted by molar-refractivity contribution is -0.139. The van der Waals surface area contributed by atoms with Crippen LogP contribution < -0.4 is 5.73 Å². The van der Waals surface area contributed by atoms with Crippen molar-refractivity contribution >= 4 is 11.8 Å². The molecule has 1 heterocycles. The normalized spacial score (nSPS) is 22.5. The molecule has 3 atom stereocenters. The van der Waals surface area contributed by atoms with E-state index in [-0.39, 0.29) is 24.5 Å². The number of nitrogens with zero attached hydrogens (tertiary/aromatic N) is 2. The van der Waals surface area contributed by atoms with E-state index in [1.165, 1.54) is 18.2 Å². The van der Waals surface area contributed by atoms with Crippen LogP contribution in [0.25, 0.3) is 0 Å². The van der Waals surface area contributed by atoms with Gasteiger partial charge in [-0.3, -0.25) is 14.5 Å². The molecule has 6 heteroatoms. The molecule has 2 amide bonds. The monoisotopic (exact) mass is 335 g/mol. The van der Waals surface area contributed by atoms with E-state index in [0.29, 0.717) is 5.56 Å². The summed E-state index contributed by atoms with van der Waals surface area (Å²) in [5.41, 5.74) is 5.96. The number of primary amides is 1. The maximum atomic E-state index is 13.5. The molecule has 1 fully saturated rings. The zero-order valence-electron chi connectivity index (χ0n) is 14.5. The summed E-state index contributed by atoms with van der Waals surface area (Å²) in [4.78, 5) is 28.1. The fourth-order valence-corrected chi connectivity index (χ4v) is 3.61. The Kier molecular flexibility index (Phi) is 5.94. The van der Waals surface area contributed by atoms with Crippen LogP contribution in [-0.4, -0.2) is 47.3 Å². The minimum atomic E-state index is -0.833. The SMILES string of the molecule is C[C@@H]1CCC[C@H](C)N1C(=O)CN(C)[C@@H](C(N)=O)c1cccc(F)c1. The zero-order chi connectivity index (χ0) is 17.9. The van der Waals surface area contributed by atoms with Crippen molar-refractivity contribution in [3.05, 3.63) is 35.6 Å². The largest absolute Gasteiger partial charge is 0.368 e. The molecular formula is C18H26FN3O2. The summed E-state index contributed by atoms with van der Waals surface area (Å²) in [6.07, 6.45) is 3.10. The van der Waals surface area contributed by atoms with Gasteiger partial charge in [0.2, 0.25) is 11.8 Å². The number of piperidine rings is 1. The van der Waals surface area contributed by atoms with E-state index in [4.69, 9.17) is 5.73 Å². The average Bonchev–Trinajstić information content (AvgIpc) is 2.46. The highest BCUT2D eigenvalue weighted by Gasteiger charge is 2.32. The van der Waals surface area contributed by atoms with Crippen LogP contribution >= 0.6 is 0 Å². The minimum absolute atomic E-state index is 0.0279. The number of likely N-dealkylation sites (tertiary alicyclic amines) is 1. The molecule has 1 aliphatic rings. The lowest BCUT2D eigenvalue weighted by atomic mass is 9.97. The van der Waals surface area contributed by atoms with Crippen molar-refractivity contribution in [1.82, 2.24) is 9.80 Å². The highest BCUT2D eigenvalue weighted by molar-refractivity contribution is 5.83. The maximum Gasteiger partial charge on any atom is 0.239 e. The summed E-state index contributed by atoms with van der Waals surface area (Å²) >= 11 is 0. The van der Waals surface area contributed by atoms with Crippen LogP contribution in [0.5, 0.6) is 0 Å². The molecule has 0 spiro atoms. The van der Waals surface area contributed by atoms with Crippen molar-refractivity contribution in [3.8, 4) is 0 Å². The van der Waals surface area contributed by atoms with Crippen LogP contribution in [0.15, 0.2) is 24.3 Å². The first-order valence-corrected chi connectivity index (χ1v) is 8.37. The molecule has 1 saturated heterocycles. The van der Waals surface area contributed by atoms with Gasteiger partial charge in [0, 0.05) is 12.1 Å². The first kappa shape index (κ1) is 18.4. The molecule has 1 aromatic rings. The van der Waals surface area contributed by atoms with Gasteiger partial charge in [0.05, 0.1) is 6.54 Å². The number of hydrogen-bond donors (Lipinski definition) is 1. The van der Waals surface area contributed by atoms with Gasteiger partial charge in [-0.1, -0.05) is 12.1 Å². The van der Waals surface area contributed by atoms with E-state index in [2.05, 4.69) is 0 Å². The molecule has 0 bridgehead atoms. The third kappa shape index (κ3) is 4.12. The molecule has 1 aliphatic heterocycles. The Hall–Kier alpha value is -1.95. The lowest BCUT2D eigenvalue weighted by Crippen LogP contribution is -2.51. The van der Waals surface area contributed by atoms with E-state index in [0.717, 1.165) is 19.3 Å². The van der Waals surface area contributed by atoms with Gasteiger partial charge in [-0.15, -0.1) is 0 Å². The molecular weight excluding hydrogens is 309 g/mol. The van der Waals surface area contributed by atoms with Crippen LogP contribution in [0.3, 0.4) is 0 Å². The van der Waals surface area contributed by atoms with E-state index in [1.54, 1.807) is 18.0 Å². The van der Waals surface area contributed by atoms with E-state index in [9.17, 15) is 14.0 Å². The summed E-state index contributed by atoms with van der Waals surface area (Å²) in [7, 11) is 1.66. The molecule has 24 heavy (non-hydrogen) atoms. The highest BCUT2D eigenvalue weighted by Crippen LogP contribution is 2.24. The van der Waals surface area contributed by atoms with Crippen molar-refractivity contribution in [1.29, 1.82) is 0 Å². The second-order valence-electron chi connectivity index (χ2n) is 6.70. The number of likely N-dealkylation sites (N-methyl/N-ethyl adjacent to an activating group) is 1. The second-order valence-corrected chi connectivity index (χ2v) is 6.70. The molecule has 0 aromatic heterocycles. The number of benzene rings is 1. The Labute approximate surface area is 142 Å². The van der Waals surface area contributed by atoms with E-state index in [1.807, 2.05) is 18.7 Å². The quantitative estimate of drug-likeness (QED) is 0.896. The molecule has 0 radical (unpaired) electrons. The van der Waals surface area contributed by atoms with E-state index < -0.39 is 17.8 Å². The smallest absolute Gasteiger partial charge is 0.239 e. The van der Waals surface area contributed by atoms with Gasteiger partial charge in [0.25, 0.3) is 0 Å². The number of carbonyl (C=O) groups excluding carboxylic acids is 2. The number of amides is 2. The third-order valence-corrected chi connectivity index (χ3v) is 4.74. The fraction of sp³-hybridized carbons (Fsp3) is 0.556. The molecule has 0 aliphatic carbocycles. The highest BCUT2D eigenvalue weighted by atomic mass is 19.1. The van der Waals surface area contributed by atoms with Crippen LogP contribution in [0.1, 0.15) is 44.7 Å². The van der Waals surface area contributed by atoms with Gasteiger partial charge in [-0.05, 0) is 57.9 Å². The average molecular weight is 335 g/mol. The topological polar surface area (TPSA) is 66.6 Å². The van der Waals surface area contributed by atoms with Crippen molar-refractivity contribution in [2.45, 2.75) is 51.2 Å². The second kappa shape index (κ2) is 7.75. The molecule has 2 N–H and O–H groups in total. The standard InChI is InChI=1S/C18H26FN3O2/c1-12-6-4-7-13(2)22(12)16(23)11-21(3)17(18(20)24)14-8-5-9-15(19)10-14/h5,8-10,12-13,17H,4,6-7,11H2,1-3H3,(H2,20,24)/t12-,13+,17-/m1/s1. The maximum absolute atomic E-state index is 13.5. The Morgan fingerprint density at radius 2 is 1.96 bits per heavy atom. The number of nitrogens with two attached hydrogens (primary N) is 1. The van der Waals surface area contributed by atoms with Crippen molar-refractivity contribution in [3.63, 3.8) is 0 Å². The fourth-order valence-electron chi connectivity index (χ4n) is 3.61. The molecule has 5 nitrogen and oxygen atoms in total. The van der Waals surface area contributed by atoms with Crippen LogP contribution in [0.2, 0.25) is 0 Å². The van der Waals surface area contributed by atoms with Crippen molar-refractivity contribution in [2.24, 2.45) is 5.73 Å². The Morgan fingerprint density at radius 1 is 1.33 bits per heavy atom. The summed E-state index contributed by atoms with van der Waals surface area (Å²) < 4.78 is 13.5. The van der Waals surface area contributed by atoms with Gasteiger partial charge in [-0.2, -0.15) is 0 Å². The third-order valence-electron chi connectivity index (χ3n) is 4.74. The molecule has 0 unspecified atom stereocenters. The predicted molar refractivity (Wildman–Crippen MR) is 90.6 cm³/mol. The number of hydrogen-bond acceptors (Lipinski definition) is 3. The zero-order valence-corrected chi connectivity index (χ0v) is 14.5. The summed E-state index contributed by atoms with van der Waals surface area (Å²) in [6, 6.07) is 5.31. The Balaban J connectivity index is 2.14. The number of halogens is 1. The summed E-state index contributed by atoms with van der Waals surface area (Å²) in [5.74, 6) is -1.06. The Morgan fingerprint density at radius 3 is 2.50 bits per heavy atom. The van der Waals surface area contributed by atoms with Gasteiger partial charge < -0.3 is 10.6 Å². The van der Waals surface area contributed by atoms with Crippen molar-refractivity contribution < 1.29 is 14.0 Å². The van der Waals surface area contributed by atoms with Gasteiger partial charge >= 0.3 is 0 Å². The van der Waals surface area contributed by atoms with Gasteiger partial charge in [-0.25, -0.2) is 4.39 Å². The molecule has 1 aromatic carbocycles. The lowest BCUT2D eigenvalue weighted by Gasteiger charge is -2.40. The summed E-state index contributed by atoms with van der Waals surface area (Å²) in [6.45, 7) is 4.16. The molecule has 132 valence electrons. The van der Waals surface area contributed by atoms with Crippen LogP contribution in [0, 0.1) is 5.82 Å². The number of carbonyl (C=O) groups is 2. The predicted octanol–water partition coefficient (Wildman–Crippen LogP) is 2.07. The first-order valence-electron chi connectivity index (χ1n) is 8.37. The Bertz CT molecular complexity index is 598. The van der Waals surface area contributed by atoms with Crippen molar-refractivity contribution in [2.75, 3.05) is 13.6 Å². The summed E-state index contributed by atoms with van der Waals surface area (Å²) in [5, 5.41) is 0. The van der Waals surface area contributed by atoms with Crippen LogP contribution in [0.4, 0.5) is 4.39 Å². The van der Waals surface area contributed by atoms with Gasteiger partial charge in [0.1, 0.15) is 11.9 Å².